The molecule has 0 bridgehead atoms. The predicted octanol–water partition coefficient (Wildman–Crippen LogP) is 4.12. The lowest BCUT2D eigenvalue weighted by Gasteiger charge is -2.11. The van der Waals surface area contributed by atoms with E-state index in [-0.39, 0.29) is 21.8 Å². The van der Waals surface area contributed by atoms with Crippen LogP contribution >= 0.6 is 11.6 Å². The Balaban J connectivity index is 2.38. The maximum atomic E-state index is 11.8. The summed E-state index contributed by atoms with van der Waals surface area (Å²) in [6.45, 7) is 0. The average Bonchev–Trinajstić information content (AvgIpc) is 2.65. The second-order valence-electron chi connectivity index (χ2n) is 5.89. The third-order valence-corrected chi connectivity index (χ3v) is 5.99. The Labute approximate surface area is 175 Å². The van der Waals surface area contributed by atoms with E-state index >= 15 is 0 Å². The highest BCUT2D eigenvalue weighted by Crippen LogP contribution is 2.44. The number of phenolic OH excluding ortho intramolecular Hbond substituents is 1. The van der Waals surface area contributed by atoms with Gasteiger partial charge in [-0.1, -0.05) is 23.7 Å². The van der Waals surface area contributed by atoms with Crippen LogP contribution in [-0.4, -0.2) is 38.2 Å². The quantitative estimate of drug-likeness (QED) is 0.368. The van der Waals surface area contributed by atoms with E-state index in [1.807, 2.05) is 0 Å². The van der Waals surface area contributed by atoms with Gasteiger partial charge in [-0.2, -0.15) is 16.8 Å². The number of methoxy groups -OCH3 is 1. The summed E-state index contributed by atoms with van der Waals surface area (Å²) in [6.07, 6.45) is 0. The van der Waals surface area contributed by atoms with E-state index in [4.69, 9.17) is 16.3 Å². The topological polar surface area (TPSA) is 163 Å². The van der Waals surface area contributed by atoms with Gasteiger partial charge in [0.05, 0.1) is 7.11 Å². The van der Waals surface area contributed by atoms with E-state index in [2.05, 4.69) is 10.2 Å². The van der Waals surface area contributed by atoms with E-state index in [0.29, 0.717) is 0 Å². The Hall–Kier alpha value is -2.77. The molecule has 0 saturated heterocycles. The van der Waals surface area contributed by atoms with Gasteiger partial charge < -0.3 is 9.84 Å². The van der Waals surface area contributed by atoms with E-state index in [1.54, 1.807) is 0 Å². The van der Waals surface area contributed by atoms with Crippen molar-refractivity contribution in [1.82, 2.24) is 0 Å². The third kappa shape index (κ3) is 4.22. The molecule has 158 valence electrons. The van der Waals surface area contributed by atoms with Crippen molar-refractivity contribution in [3.8, 4) is 11.5 Å². The van der Waals surface area contributed by atoms with Gasteiger partial charge in [0.1, 0.15) is 26.9 Å². The minimum absolute atomic E-state index is 0.0637. The number of phenols is 1. The molecule has 0 amide bonds. The summed E-state index contributed by atoms with van der Waals surface area (Å²) in [5.74, 6) is -0.714. The van der Waals surface area contributed by atoms with Crippen LogP contribution in [0.25, 0.3) is 10.8 Å². The van der Waals surface area contributed by atoms with Crippen LogP contribution in [-0.2, 0) is 20.2 Å². The number of fused-ring (bicyclic) bond motifs is 1. The van der Waals surface area contributed by atoms with Gasteiger partial charge in [-0.05, 0) is 35.7 Å². The smallest absolute Gasteiger partial charge is 0.296 e. The lowest BCUT2D eigenvalue weighted by Crippen LogP contribution is -2.02. The Bertz CT molecular complexity index is 1400. The molecule has 0 aliphatic rings. The maximum absolute atomic E-state index is 11.8. The molecule has 13 heteroatoms. The van der Waals surface area contributed by atoms with E-state index < -0.39 is 46.9 Å². The van der Waals surface area contributed by atoms with Gasteiger partial charge in [0.15, 0.2) is 5.75 Å². The number of azo groups is 1. The molecule has 3 rings (SSSR count). The van der Waals surface area contributed by atoms with Crippen molar-refractivity contribution in [3.63, 3.8) is 0 Å². The van der Waals surface area contributed by atoms with E-state index in [0.717, 1.165) is 12.1 Å². The Kier molecular flexibility index (Phi) is 5.71. The van der Waals surface area contributed by atoms with Crippen molar-refractivity contribution in [2.45, 2.75) is 9.79 Å². The van der Waals surface area contributed by atoms with Crippen molar-refractivity contribution >= 4 is 54.0 Å². The standard InChI is InChI=1S/C17H13ClN2O8S2/c1-28-12-6-5-10(18)8-11(12)19-20-16-14(30(25,26)27)7-9-3-2-4-13(29(22,23)24)15(9)17(16)21/h2-8,21H,1H3,(H,22,23,24)(H,25,26,27). The zero-order chi connectivity index (χ0) is 22.3. The predicted molar refractivity (Wildman–Crippen MR) is 107 cm³/mol. The summed E-state index contributed by atoms with van der Waals surface area (Å²) in [6, 6.07) is 8.72. The molecule has 3 N–H and O–H groups in total. The number of aromatic hydroxyl groups is 1. The summed E-state index contributed by atoms with van der Waals surface area (Å²) in [5.41, 5.74) is -0.683. The van der Waals surface area contributed by atoms with Crippen LogP contribution in [0.4, 0.5) is 11.4 Å². The van der Waals surface area contributed by atoms with Gasteiger partial charge in [0.2, 0.25) is 0 Å². The highest BCUT2D eigenvalue weighted by molar-refractivity contribution is 7.86. The first kappa shape index (κ1) is 21.9. The molecular formula is C17H13ClN2O8S2. The largest absolute Gasteiger partial charge is 0.505 e. The number of rotatable bonds is 5. The molecule has 30 heavy (non-hydrogen) atoms. The van der Waals surface area contributed by atoms with Gasteiger partial charge in [-0.3, -0.25) is 9.11 Å². The van der Waals surface area contributed by atoms with E-state index in [9.17, 15) is 31.0 Å². The maximum Gasteiger partial charge on any atom is 0.296 e. The number of halogens is 1. The van der Waals surface area contributed by atoms with Crippen molar-refractivity contribution < 1.29 is 35.8 Å². The monoisotopic (exact) mass is 472 g/mol. The van der Waals surface area contributed by atoms with Crippen molar-refractivity contribution in [2.24, 2.45) is 10.2 Å². The van der Waals surface area contributed by atoms with Crippen LogP contribution in [0.5, 0.6) is 11.5 Å². The molecule has 0 spiro atoms. The summed E-state index contributed by atoms with van der Waals surface area (Å²) in [5, 5.41) is 17.9. The lowest BCUT2D eigenvalue weighted by atomic mass is 10.1. The number of hydrogen-bond acceptors (Lipinski definition) is 8. The molecule has 0 fully saturated rings. The fourth-order valence-corrected chi connectivity index (χ4v) is 4.27. The molecule has 3 aromatic rings. The van der Waals surface area contributed by atoms with Gasteiger partial charge in [0.25, 0.3) is 20.2 Å². The van der Waals surface area contributed by atoms with Crippen LogP contribution in [0.1, 0.15) is 0 Å². The summed E-state index contributed by atoms with van der Waals surface area (Å²) in [4.78, 5) is -1.51. The van der Waals surface area contributed by atoms with Crippen LogP contribution < -0.4 is 4.74 Å². The summed E-state index contributed by atoms with van der Waals surface area (Å²) >= 11 is 5.90. The minimum atomic E-state index is -4.91. The fraction of sp³-hybridized carbons (Fsp3) is 0.0588. The van der Waals surface area contributed by atoms with Crippen LogP contribution in [0.15, 0.2) is 62.5 Å². The molecule has 0 atom stereocenters. The fourth-order valence-electron chi connectivity index (χ4n) is 2.72. The van der Waals surface area contributed by atoms with Crippen LogP contribution in [0, 0.1) is 0 Å². The molecule has 0 radical (unpaired) electrons. The first-order valence-electron chi connectivity index (χ1n) is 7.92. The van der Waals surface area contributed by atoms with Crippen LogP contribution in [0.3, 0.4) is 0 Å². The number of benzene rings is 3. The second-order valence-corrected chi connectivity index (χ2v) is 9.11. The molecule has 10 nitrogen and oxygen atoms in total. The summed E-state index contributed by atoms with van der Waals surface area (Å²) < 4.78 is 71.2. The first-order valence-corrected chi connectivity index (χ1v) is 11.2. The highest BCUT2D eigenvalue weighted by Gasteiger charge is 2.26. The molecule has 0 aromatic heterocycles. The molecule has 0 saturated carbocycles. The Morgan fingerprint density at radius 2 is 1.60 bits per heavy atom. The zero-order valence-electron chi connectivity index (χ0n) is 15.0. The third-order valence-electron chi connectivity index (χ3n) is 3.99. The number of ether oxygens (including phenoxy) is 1. The number of hydrogen-bond donors (Lipinski definition) is 3. The second kappa shape index (κ2) is 7.81. The van der Waals surface area contributed by atoms with Crippen molar-refractivity contribution in [3.05, 3.63) is 47.5 Å². The van der Waals surface area contributed by atoms with Crippen molar-refractivity contribution in [2.75, 3.05) is 7.11 Å². The molecular weight excluding hydrogens is 460 g/mol. The van der Waals surface area contributed by atoms with Crippen molar-refractivity contribution in [1.29, 1.82) is 0 Å². The van der Waals surface area contributed by atoms with Gasteiger partial charge in [-0.15, -0.1) is 10.2 Å². The van der Waals surface area contributed by atoms with E-state index in [1.165, 1.54) is 37.4 Å². The lowest BCUT2D eigenvalue weighted by molar-refractivity contribution is 0.416. The Morgan fingerprint density at radius 3 is 2.20 bits per heavy atom. The van der Waals surface area contributed by atoms with Gasteiger partial charge in [-0.25, -0.2) is 0 Å². The molecule has 0 aliphatic carbocycles. The summed E-state index contributed by atoms with van der Waals surface area (Å²) in [7, 11) is -8.34. The first-order chi connectivity index (χ1) is 13.9. The molecule has 0 unspecified atom stereocenters. The normalized spacial score (nSPS) is 12.5. The number of nitrogens with zero attached hydrogens (tertiary/aromatic N) is 2. The van der Waals surface area contributed by atoms with Gasteiger partial charge in [0, 0.05) is 10.4 Å². The minimum Gasteiger partial charge on any atom is -0.505 e. The molecule has 0 aliphatic heterocycles. The SMILES string of the molecule is COc1ccc(Cl)cc1N=Nc1c(S(=O)(=O)O)cc2cccc(S(=O)(=O)O)c2c1O. The Morgan fingerprint density at radius 1 is 0.933 bits per heavy atom. The molecule has 0 heterocycles. The van der Waals surface area contributed by atoms with Gasteiger partial charge >= 0.3 is 0 Å². The zero-order valence-corrected chi connectivity index (χ0v) is 17.4. The van der Waals surface area contributed by atoms with Crippen LogP contribution in [0.2, 0.25) is 5.02 Å². The average molecular weight is 473 g/mol. The molecule has 3 aromatic carbocycles. The highest BCUT2D eigenvalue weighted by atomic mass is 35.5.